The molecule has 24 heavy (non-hydrogen) atoms. The van der Waals surface area contributed by atoms with E-state index in [-0.39, 0.29) is 60.9 Å². The zero-order valence-electron chi connectivity index (χ0n) is 13.2. The number of piperidine rings is 2. The summed E-state index contributed by atoms with van der Waals surface area (Å²) in [6, 6.07) is -1.47. The van der Waals surface area contributed by atoms with Crippen molar-refractivity contribution in [2.75, 3.05) is 13.1 Å². The Morgan fingerprint density at radius 3 is 1.38 bits per heavy atom. The smallest absolute Gasteiger partial charge is 0.244 e. The molecule has 3 heterocycles. The lowest BCUT2D eigenvalue weighted by Crippen LogP contribution is -2.72. The second kappa shape index (κ2) is 9.17. The van der Waals surface area contributed by atoms with Gasteiger partial charge in [0.2, 0.25) is 11.8 Å². The van der Waals surface area contributed by atoms with Gasteiger partial charge in [-0.05, 0) is 25.7 Å². The summed E-state index contributed by atoms with van der Waals surface area (Å²) in [5, 5.41) is 30.8. The van der Waals surface area contributed by atoms with E-state index in [0.717, 1.165) is 0 Å². The molecule has 8 nitrogen and oxygen atoms in total. The van der Waals surface area contributed by atoms with Crippen LogP contribution in [0.2, 0.25) is 0 Å². The molecular formula is C14H26Cl2N4O4. The number of hydrogen-bond acceptors (Lipinski definition) is 6. The maximum Gasteiger partial charge on any atom is 0.244 e. The van der Waals surface area contributed by atoms with Gasteiger partial charge in [-0.15, -0.1) is 24.8 Å². The summed E-state index contributed by atoms with van der Waals surface area (Å²) in [7, 11) is 0. The van der Waals surface area contributed by atoms with Crippen LogP contribution in [0, 0.1) is 0 Å². The Kier molecular flexibility index (Phi) is 8.17. The number of aliphatic hydroxyl groups is 2. The number of nitrogens with one attached hydrogen (secondary N) is 4. The van der Waals surface area contributed by atoms with Crippen molar-refractivity contribution in [1.29, 1.82) is 0 Å². The van der Waals surface area contributed by atoms with Gasteiger partial charge in [0.15, 0.2) is 0 Å². The highest BCUT2D eigenvalue weighted by molar-refractivity contribution is 5.97. The number of carbonyl (C=O) groups excluding carboxylic acids is 2. The third kappa shape index (κ3) is 4.71. The van der Waals surface area contributed by atoms with Crippen molar-refractivity contribution in [2.45, 2.75) is 62.1 Å². The van der Waals surface area contributed by atoms with Gasteiger partial charge in [0.1, 0.15) is 12.1 Å². The number of halogens is 2. The lowest BCUT2D eigenvalue weighted by molar-refractivity contribution is -0.139. The monoisotopic (exact) mass is 384 g/mol. The average molecular weight is 385 g/mol. The molecule has 3 fully saturated rings. The number of β-amino-alcohol motifs (C(OH)–C–C–N with tert-alkyl or cyclic N) is 2. The second-order valence-corrected chi connectivity index (χ2v) is 6.46. The molecule has 6 N–H and O–H groups in total. The van der Waals surface area contributed by atoms with Crippen molar-refractivity contribution >= 4 is 36.6 Å². The van der Waals surface area contributed by atoms with E-state index in [9.17, 15) is 19.8 Å². The predicted molar refractivity (Wildman–Crippen MR) is 92.4 cm³/mol. The van der Waals surface area contributed by atoms with Crippen LogP contribution in [0.3, 0.4) is 0 Å². The normalized spacial score (nSPS) is 39.8. The largest absolute Gasteiger partial charge is 0.392 e. The summed E-state index contributed by atoms with van der Waals surface area (Å²) in [5.74, 6) is -0.377. The van der Waals surface area contributed by atoms with E-state index in [0.29, 0.717) is 38.8 Å². The molecule has 0 aromatic heterocycles. The lowest BCUT2D eigenvalue weighted by atomic mass is 9.90. The lowest BCUT2D eigenvalue weighted by Gasteiger charge is -2.40. The Morgan fingerprint density at radius 1 is 0.708 bits per heavy atom. The minimum absolute atomic E-state index is 0. The van der Waals surface area contributed by atoms with Crippen LogP contribution in [0.5, 0.6) is 0 Å². The van der Waals surface area contributed by atoms with E-state index in [1.54, 1.807) is 0 Å². The molecule has 0 saturated carbocycles. The molecule has 0 bridgehead atoms. The molecule has 6 unspecified atom stereocenters. The minimum Gasteiger partial charge on any atom is -0.392 e. The molecule has 2 amide bonds. The van der Waals surface area contributed by atoms with Gasteiger partial charge in [-0.1, -0.05) is 0 Å². The van der Waals surface area contributed by atoms with Crippen LogP contribution in [0.4, 0.5) is 0 Å². The van der Waals surface area contributed by atoms with Crippen LogP contribution in [0.25, 0.3) is 0 Å². The molecule has 0 aromatic carbocycles. The van der Waals surface area contributed by atoms with Crippen molar-refractivity contribution in [2.24, 2.45) is 0 Å². The highest BCUT2D eigenvalue weighted by Crippen LogP contribution is 2.17. The molecule has 3 rings (SSSR count). The Hall–Kier alpha value is -0.640. The van der Waals surface area contributed by atoms with Gasteiger partial charge in [-0.2, -0.15) is 0 Å². The highest BCUT2D eigenvalue weighted by atomic mass is 35.5. The third-order valence-electron chi connectivity index (χ3n) is 4.82. The van der Waals surface area contributed by atoms with Crippen LogP contribution in [0.15, 0.2) is 0 Å². The van der Waals surface area contributed by atoms with Crippen molar-refractivity contribution in [3.63, 3.8) is 0 Å². The fourth-order valence-corrected chi connectivity index (χ4v) is 3.48. The summed E-state index contributed by atoms with van der Waals surface area (Å²) >= 11 is 0. The molecule has 140 valence electrons. The third-order valence-corrected chi connectivity index (χ3v) is 4.82. The molecule has 3 aliphatic rings. The van der Waals surface area contributed by atoms with Crippen LogP contribution in [0.1, 0.15) is 25.7 Å². The fraction of sp³-hybridized carbons (Fsp3) is 0.857. The van der Waals surface area contributed by atoms with E-state index in [2.05, 4.69) is 21.3 Å². The van der Waals surface area contributed by atoms with Crippen LogP contribution >= 0.6 is 24.8 Å². The zero-order chi connectivity index (χ0) is 15.7. The van der Waals surface area contributed by atoms with Crippen molar-refractivity contribution < 1.29 is 19.8 Å². The van der Waals surface area contributed by atoms with E-state index in [1.807, 2.05) is 0 Å². The van der Waals surface area contributed by atoms with E-state index < -0.39 is 12.1 Å². The number of carbonyl (C=O) groups is 2. The maximum absolute atomic E-state index is 12.3. The Morgan fingerprint density at radius 2 is 1.08 bits per heavy atom. The van der Waals surface area contributed by atoms with Crippen LogP contribution in [-0.2, 0) is 9.59 Å². The molecule has 6 atom stereocenters. The zero-order valence-corrected chi connectivity index (χ0v) is 14.9. The Bertz CT molecular complexity index is 400. The first-order valence-electron chi connectivity index (χ1n) is 7.98. The first-order chi connectivity index (χ1) is 10.5. The van der Waals surface area contributed by atoms with E-state index >= 15 is 0 Å². The molecule has 10 heteroatoms. The topological polar surface area (TPSA) is 123 Å². The number of piperazine rings is 1. The van der Waals surface area contributed by atoms with Crippen LogP contribution < -0.4 is 21.3 Å². The maximum atomic E-state index is 12.3. The SMILES string of the molecule is Cl.Cl.O=C1NC(C2CCC(O)CN2)C(=O)NC1C1CCC(O)CN1. The van der Waals surface area contributed by atoms with Gasteiger partial charge in [-0.25, -0.2) is 0 Å². The van der Waals surface area contributed by atoms with Gasteiger partial charge in [-0.3, -0.25) is 9.59 Å². The first-order valence-corrected chi connectivity index (χ1v) is 7.98. The van der Waals surface area contributed by atoms with Crippen molar-refractivity contribution in [3.8, 4) is 0 Å². The number of hydrogen-bond donors (Lipinski definition) is 6. The Labute approximate surface area is 153 Å². The summed E-state index contributed by atoms with van der Waals surface area (Å²) < 4.78 is 0. The molecule has 0 aliphatic carbocycles. The number of aliphatic hydroxyl groups excluding tert-OH is 2. The van der Waals surface area contributed by atoms with Gasteiger partial charge >= 0.3 is 0 Å². The summed E-state index contributed by atoms with van der Waals surface area (Å²) in [6.07, 6.45) is 1.79. The summed E-state index contributed by atoms with van der Waals surface area (Å²) in [5.41, 5.74) is 0. The van der Waals surface area contributed by atoms with E-state index in [1.165, 1.54) is 0 Å². The average Bonchev–Trinajstić information content (AvgIpc) is 2.51. The number of amides is 2. The number of rotatable bonds is 2. The predicted octanol–water partition coefficient (Wildman–Crippen LogP) is -1.96. The Balaban J connectivity index is 0.00000144. The fourth-order valence-electron chi connectivity index (χ4n) is 3.48. The van der Waals surface area contributed by atoms with Gasteiger partial charge < -0.3 is 31.5 Å². The van der Waals surface area contributed by atoms with Gasteiger partial charge in [0.25, 0.3) is 0 Å². The van der Waals surface area contributed by atoms with Crippen LogP contribution in [-0.4, -0.2) is 71.5 Å². The van der Waals surface area contributed by atoms with Gasteiger partial charge in [0.05, 0.1) is 12.2 Å². The van der Waals surface area contributed by atoms with Crippen molar-refractivity contribution in [1.82, 2.24) is 21.3 Å². The molecule has 0 radical (unpaired) electrons. The summed E-state index contributed by atoms with van der Waals surface area (Å²) in [4.78, 5) is 24.7. The van der Waals surface area contributed by atoms with E-state index in [4.69, 9.17) is 0 Å². The minimum atomic E-state index is -0.592. The summed E-state index contributed by atoms with van der Waals surface area (Å²) in [6.45, 7) is 0.881. The molecule has 3 saturated heterocycles. The molecule has 0 aromatic rings. The van der Waals surface area contributed by atoms with Crippen molar-refractivity contribution in [3.05, 3.63) is 0 Å². The standard InChI is InChI=1S/C14H24N4O4.2ClH/c19-7-1-3-9(15-5-7)11-13(21)18-12(14(22)17-11)10-4-2-8(20)6-16-10;;/h7-12,15-16,19-20H,1-6H2,(H,17,22)(H,18,21);2*1H. The van der Waals surface area contributed by atoms with Gasteiger partial charge in [0, 0.05) is 25.2 Å². The molecule has 3 aliphatic heterocycles. The molecular weight excluding hydrogens is 359 g/mol. The highest BCUT2D eigenvalue weighted by Gasteiger charge is 2.42. The first kappa shape index (κ1) is 21.4. The quantitative estimate of drug-likeness (QED) is 0.328. The molecule has 0 spiro atoms. The second-order valence-electron chi connectivity index (χ2n) is 6.46.